The number of aliphatic hydroxyl groups is 1. The zero-order chi connectivity index (χ0) is 20.6. The minimum absolute atomic E-state index is 0.134. The number of rotatable bonds is 7. The Morgan fingerprint density at radius 2 is 2.00 bits per heavy atom. The van der Waals surface area contributed by atoms with Gasteiger partial charge < -0.3 is 30.3 Å². The molecular formula is C10H15F2N3O10P2. The molecule has 2 rings (SSSR count). The second-order valence-corrected chi connectivity index (χ2v) is 8.24. The number of nitrogen functional groups attached to an aromatic ring is 1. The van der Waals surface area contributed by atoms with E-state index < -0.39 is 58.7 Å². The highest BCUT2D eigenvalue weighted by Crippen LogP contribution is 2.57. The van der Waals surface area contributed by atoms with Gasteiger partial charge in [-0.1, -0.05) is 0 Å². The SMILES string of the molecule is Nc1ccn(C[C@@H]2O[C@H](COP(=O)(O)OP(=O)(O)O)[C@@H](O)C2(F)F)c(=O)n1. The molecule has 13 nitrogen and oxygen atoms in total. The van der Waals surface area contributed by atoms with Gasteiger partial charge in [0.2, 0.25) is 0 Å². The number of ether oxygens (including phenoxy) is 1. The minimum atomic E-state index is -5.40. The molecule has 2 heterocycles. The lowest BCUT2D eigenvalue weighted by molar-refractivity contribution is -0.115. The zero-order valence-corrected chi connectivity index (χ0v) is 15.0. The van der Waals surface area contributed by atoms with Gasteiger partial charge in [0.25, 0.3) is 0 Å². The number of nitrogens with two attached hydrogens (primary N) is 1. The number of aliphatic hydroxyl groups excluding tert-OH is 1. The van der Waals surface area contributed by atoms with Gasteiger partial charge in [0.15, 0.2) is 0 Å². The fraction of sp³-hybridized carbons (Fsp3) is 0.600. The van der Waals surface area contributed by atoms with Crippen LogP contribution in [0.3, 0.4) is 0 Å². The first-order valence-electron chi connectivity index (χ1n) is 7.00. The van der Waals surface area contributed by atoms with E-state index >= 15 is 0 Å². The van der Waals surface area contributed by atoms with E-state index in [0.717, 1.165) is 10.8 Å². The summed E-state index contributed by atoms with van der Waals surface area (Å²) in [6, 6.07) is 1.17. The molecule has 27 heavy (non-hydrogen) atoms. The van der Waals surface area contributed by atoms with E-state index in [1.165, 1.54) is 6.07 Å². The third-order valence-electron chi connectivity index (χ3n) is 3.38. The van der Waals surface area contributed by atoms with Crippen LogP contribution in [-0.2, 0) is 29.2 Å². The number of nitrogens with zero attached hydrogens (tertiary/aromatic N) is 2. The van der Waals surface area contributed by atoms with Crippen LogP contribution >= 0.6 is 15.6 Å². The summed E-state index contributed by atoms with van der Waals surface area (Å²) >= 11 is 0. The molecule has 154 valence electrons. The van der Waals surface area contributed by atoms with E-state index in [1.807, 2.05) is 0 Å². The molecule has 1 aromatic rings. The minimum Gasteiger partial charge on any atom is -0.384 e. The quantitative estimate of drug-likeness (QED) is 0.320. The van der Waals surface area contributed by atoms with Gasteiger partial charge in [-0.25, -0.2) is 22.7 Å². The molecule has 0 amide bonds. The molecule has 4 atom stereocenters. The lowest BCUT2D eigenvalue weighted by Crippen LogP contribution is -2.43. The topological polar surface area (TPSA) is 204 Å². The normalized spacial score (nSPS) is 27.4. The molecule has 0 spiro atoms. The Morgan fingerprint density at radius 3 is 2.56 bits per heavy atom. The second kappa shape index (κ2) is 7.62. The average molecular weight is 437 g/mol. The maximum atomic E-state index is 14.2. The number of phosphoric ester groups is 1. The highest BCUT2D eigenvalue weighted by molar-refractivity contribution is 7.60. The molecule has 0 aromatic carbocycles. The maximum absolute atomic E-state index is 14.2. The van der Waals surface area contributed by atoms with Crippen molar-refractivity contribution in [3.8, 4) is 0 Å². The van der Waals surface area contributed by atoms with Crippen molar-refractivity contribution in [2.24, 2.45) is 0 Å². The van der Waals surface area contributed by atoms with E-state index in [9.17, 15) is 27.8 Å². The maximum Gasteiger partial charge on any atom is 0.481 e. The third-order valence-corrected chi connectivity index (χ3v) is 5.54. The van der Waals surface area contributed by atoms with Crippen LogP contribution in [0.25, 0.3) is 0 Å². The summed E-state index contributed by atoms with van der Waals surface area (Å²) in [7, 11) is -10.7. The number of anilines is 1. The predicted octanol–water partition coefficient (Wildman–Crippen LogP) is -1.18. The van der Waals surface area contributed by atoms with E-state index in [1.54, 1.807) is 0 Å². The Morgan fingerprint density at radius 1 is 1.37 bits per heavy atom. The molecule has 1 aliphatic heterocycles. The van der Waals surface area contributed by atoms with Crippen LogP contribution < -0.4 is 11.4 Å². The van der Waals surface area contributed by atoms with Crippen LogP contribution in [0.1, 0.15) is 0 Å². The summed E-state index contributed by atoms with van der Waals surface area (Å²) in [6.45, 7) is -1.89. The molecule has 1 aromatic heterocycles. The van der Waals surface area contributed by atoms with Crippen molar-refractivity contribution in [1.82, 2.24) is 9.55 Å². The molecule has 6 N–H and O–H groups in total. The van der Waals surface area contributed by atoms with Crippen molar-refractivity contribution in [3.63, 3.8) is 0 Å². The van der Waals surface area contributed by atoms with Crippen LogP contribution in [0.2, 0.25) is 0 Å². The first-order chi connectivity index (χ1) is 12.2. The van der Waals surface area contributed by atoms with Crippen molar-refractivity contribution in [2.45, 2.75) is 30.8 Å². The Hall–Kier alpha value is -1.28. The number of hydrogen-bond acceptors (Lipinski definition) is 9. The standard InChI is InChI=1S/C10H15F2N3O10P2/c11-10(12)6(3-15-2-1-7(13)14-9(15)17)24-5(8(10)16)4-23-27(21,22)25-26(18,19)20/h1-2,5-6,8,16H,3-4H2,(H,21,22)(H2,13,14,17)(H2,18,19,20)/t5-,6+,8-/m1/s1. The monoisotopic (exact) mass is 437 g/mol. The zero-order valence-electron chi connectivity index (χ0n) is 13.2. The molecule has 1 unspecified atom stereocenters. The van der Waals surface area contributed by atoms with Gasteiger partial charge >= 0.3 is 27.3 Å². The second-order valence-electron chi connectivity index (χ2n) is 5.41. The Kier molecular flexibility index (Phi) is 6.21. The van der Waals surface area contributed by atoms with Crippen LogP contribution in [0, 0.1) is 0 Å². The molecule has 0 saturated carbocycles. The fourth-order valence-electron chi connectivity index (χ4n) is 2.19. The van der Waals surface area contributed by atoms with Gasteiger partial charge in [-0.05, 0) is 6.07 Å². The molecule has 1 fully saturated rings. The van der Waals surface area contributed by atoms with Gasteiger partial charge in [0, 0.05) is 6.20 Å². The summed E-state index contributed by atoms with van der Waals surface area (Å²) < 4.78 is 63.5. The molecular weight excluding hydrogens is 422 g/mol. The third kappa shape index (κ3) is 5.60. The van der Waals surface area contributed by atoms with Crippen LogP contribution in [-0.4, -0.2) is 60.2 Å². The molecule has 0 radical (unpaired) electrons. The Labute approximate surface area is 149 Å². The van der Waals surface area contributed by atoms with E-state index in [0.29, 0.717) is 0 Å². The van der Waals surface area contributed by atoms with Crippen molar-refractivity contribution in [3.05, 3.63) is 22.7 Å². The average Bonchev–Trinajstić information content (AvgIpc) is 2.69. The molecule has 17 heteroatoms. The predicted molar refractivity (Wildman–Crippen MR) is 81.4 cm³/mol. The van der Waals surface area contributed by atoms with Crippen molar-refractivity contribution in [1.29, 1.82) is 0 Å². The van der Waals surface area contributed by atoms with Crippen molar-refractivity contribution >= 4 is 21.5 Å². The molecule has 0 aliphatic carbocycles. The largest absolute Gasteiger partial charge is 0.481 e. The van der Waals surface area contributed by atoms with Gasteiger partial charge in [0.05, 0.1) is 13.2 Å². The number of halogens is 2. The summed E-state index contributed by atoms with van der Waals surface area (Å²) in [6.07, 6.45) is -5.32. The van der Waals surface area contributed by atoms with E-state index in [-0.39, 0.29) is 5.82 Å². The molecule has 0 bridgehead atoms. The number of phosphoric acid groups is 2. The Bertz CT molecular complexity index is 845. The first kappa shape index (κ1) is 22.0. The van der Waals surface area contributed by atoms with Crippen molar-refractivity contribution < 1.29 is 51.3 Å². The number of hydrogen-bond donors (Lipinski definition) is 5. The summed E-state index contributed by atoms with van der Waals surface area (Å²) in [4.78, 5) is 41.0. The molecule has 1 aliphatic rings. The summed E-state index contributed by atoms with van der Waals surface area (Å²) in [5.74, 6) is -4.02. The lowest BCUT2D eigenvalue weighted by atomic mass is 10.1. The summed E-state index contributed by atoms with van der Waals surface area (Å²) in [5.41, 5.74) is 4.33. The summed E-state index contributed by atoms with van der Waals surface area (Å²) in [5, 5.41) is 9.66. The Balaban J connectivity index is 2.08. The van der Waals surface area contributed by atoms with Crippen LogP contribution in [0.15, 0.2) is 17.1 Å². The van der Waals surface area contributed by atoms with Gasteiger partial charge in [0.1, 0.15) is 24.1 Å². The van der Waals surface area contributed by atoms with Crippen LogP contribution in [0.5, 0.6) is 0 Å². The number of alkyl halides is 2. The smallest absolute Gasteiger partial charge is 0.384 e. The van der Waals surface area contributed by atoms with Crippen LogP contribution in [0.4, 0.5) is 14.6 Å². The molecule has 1 saturated heterocycles. The van der Waals surface area contributed by atoms with E-state index in [2.05, 4.69) is 13.8 Å². The van der Waals surface area contributed by atoms with Gasteiger partial charge in [-0.15, -0.1) is 0 Å². The highest BCUT2D eigenvalue weighted by atomic mass is 31.3. The lowest BCUT2D eigenvalue weighted by Gasteiger charge is -2.20. The fourth-order valence-corrected chi connectivity index (χ4v) is 3.79. The van der Waals surface area contributed by atoms with E-state index in [4.69, 9.17) is 25.2 Å². The first-order valence-corrected chi connectivity index (χ1v) is 10.0. The highest BCUT2D eigenvalue weighted by Gasteiger charge is 2.58. The van der Waals surface area contributed by atoms with Crippen molar-refractivity contribution in [2.75, 3.05) is 12.3 Å². The van der Waals surface area contributed by atoms with Gasteiger partial charge in [-0.3, -0.25) is 9.09 Å². The van der Waals surface area contributed by atoms with Gasteiger partial charge in [-0.2, -0.15) is 9.29 Å². The number of aromatic nitrogens is 2.